The molecule has 0 aliphatic carbocycles. The lowest BCUT2D eigenvalue weighted by atomic mass is 10.2. The standard InChI is InChI=1S/C18H25FN4O2/c1-4-20-18(22-13(2)11-24-3)21-10-9-16-12-25-17(23-16)14-5-7-15(19)8-6-14/h5-8,12-13H,4,9-11H2,1-3H3,(H2,20,21,22). The number of nitrogens with one attached hydrogen (secondary N) is 2. The van der Waals surface area contributed by atoms with E-state index in [0.29, 0.717) is 25.5 Å². The summed E-state index contributed by atoms with van der Waals surface area (Å²) in [5.41, 5.74) is 1.56. The number of methoxy groups -OCH3 is 1. The first-order valence-corrected chi connectivity index (χ1v) is 8.36. The van der Waals surface area contributed by atoms with Gasteiger partial charge in [0.05, 0.1) is 12.3 Å². The van der Waals surface area contributed by atoms with Crippen LogP contribution < -0.4 is 10.6 Å². The first-order valence-electron chi connectivity index (χ1n) is 8.36. The first kappa shape index (κ1) is 18.9. The number of hydrogen-bond donors (Lipinski definition) is 2. The van der Waals surface area contributed by atoms with E-state index in [4.69, 9.17) is 9.15 Å². The average molecular weight is 348 g/mol. The van der Waals surface area contributed by atoms with E-state index in [1.54, 1.807) is 25.5 Å². The third-order valence-corrected chi connectivity index (χ3v) is 3.42. The van der Waals surface area contributed by atoms with Crippen LogP contribution in [-0.2, 0) is 11.2 Å². The number of oxazole rings is 1. The maximum Gasteiger partial charge on any atom is 0.226 e. The third kappa shape index (κ3) is 6.19. The Morgan fingerprint density at radius 1 is 1.36 bits per heavy atom. The van der Waals surface area contributed by atoms with Gasteiger partial charge in [0.15, 0.2) is 5.96 Å². The third-order valence-electron chi connectivity index (χ3n) is 3.42. The van der Waals surface area contributed by atoms with Crippen LogP contribution in [0.15, 0.2) is 39.9 Å². The summed E-state index contributed by atoms with van der Waals surface area (Å²) in [6, 6.07) is 6.24. The minimum Gasteiger partial charge on any atom is -0.444 e. The average Bonchev–Trinajstić information content (AvgIpc) is 3.05. The zero-order chi connectivity index (χ0) is 18.1. The molecule has 136 valence electrons. The van der Waals surface area contributed by atoms with Gasteiger partial charge in [-0.2, -0.15) is 0 Å². The zero-order valence-electron chi connectivity index (χ0n) is 14.9. The van der Waals surface area contributed by atoms with Crippen LogP contribution in [0.25, 0.3) is 11.5 Å². The number of rotatable bonds is 8. The van der Waals surface area contributed by atoms with Crippen LogP contribution in [0.1, 0.15) is 19.5 Å². The molecule has 25 heavy (non-hydrogen) atoms. The van der Waals surface area contributed by atoms with E-state index in [0.717, 1.165) is 23.8 Å². The van der Waals surface area contributed by atoms with Gasteiger partial charge in [-0.1, -0.05) is 0 Å². The van der Waals surface area contributed by atoms with Crippen molar-refractivity contribution >= 4 is 5.96 Å². The fraction of sp³-hybridized carbons (Fsp3) is 0.444. The molecule has 2 rings (SSSR count). The molecular weight excluding hydrogens is 323 g/mol. The second kappa shape index (κ2) is 9.78. The second-order valence-corrected chi connectivity index (χ2v) is 5.66. The van der Waals surface area contributed by atoms with Crippen molar-refractivity contribution in [2.75, 3.05) is 26.8 Å². The van der Waals surface area contributed by atoms with Crippen LogP contribution >= 0.6 is 0 Å². The Labute approximate surface area is 147 Å². The molecule has 0 saturated carbocycles. The highest BCUT2D eigenvalue weighted by Crippen LogP contribution is 2.19. The largest absolute Gasteiger partial charge is 0.444 e. The Kier molecular flexibility index (Phi) is 7.40. The molecule has 2 N–H and O–H groups in total. The molecule has 0 aliphatic heterocycles. The van der Waals surface area contributed by atoms with E-state index < -0.39 is 0 Å². The van der Waals surface area contributed by atoms with Crippen LogP contribution in [0.4, 0.5) is 4.39 Å². The number of aliphatic imine (C=N–C) groups is 1. The Hall–Kier alpha value is -2.41. The minimum absolute atomic E-state index is 0.167. The Balaban J connectivity index is 1.92. The van der Waals surface area contributed by atoms with Crippen molar-refractivity contribution in [3.05, 3.63) is 42.0 Å². The lowest BCUT2D eigenvalue weighted by molar-refractivity contribution is 0.179. The summed E-state index contributed by atoms with van der Waals surface area (Å²) in [4.78, 5) is 8.96. The quantitative estimate of drug-likeness (QED) is 0.567. The van der Waals surface area contributed by atoms with E-state index in [1.165, 1.54) is 12.1 Å². The first-order chi connectivity index (χ1) is 12.1. The van der Waals surface area contributed by atoms with Crippen molar-refractivity contribution in [2.24, 2.45) is 4.99 Å². The number of aromatic nitrogens is 1. The zero-order valence-corrected chi connectivity index (χ0v) is 14.9. The Morgan fingerprint density at radius 3 is 2.80 bits per heavy atom. The topological polar surface area (TPSA) is 71.7 Å². The summed E-state index contributed by atoms with van der Waals surface area (Å²) in [5, 5.41) is 6.47. The summed E-state index contributed by atoms with van der Waals surface area (Å²) >= 11 is 0. The molecular formula is C18H25FN4O2. The smallest absolute Gasteiger partial charge is 0.226 e. The van der Waals surface area contributed by atoms with Crippen molar-refractivity contribution in [1.82, 2.24) is 15.6 Å². The highest BCUT2D eigenvalue weighted by atomic mass is 19.1. The highest BCUT2D eigenvalue weighted by molar-refractivity contribution is 5.80. The molecule has 0 bridgehead atoms. The van der Waals surface area contributed by atoms with Crippen molar-refractivity contribution in [3.8, 4) is 11.5 Å². The normalized spacial score (nSPS) is 12.9. The number of ether oxygens (including phenoxy) is 1. The van der Waals surface area contributed by atoms with Gasteiger partial charge in [-0.3, -0.25) is 4.99 Å². The lowest BCUT2D eigenvalue weighted by Gasteiger charge is -2.16. The predicted molar refractivity (Wildman–Crippen MR) is 96.1 cm³/mol. The summed E-state index contributed by atoms with van der Waals surface area (Å²) in [6.45, 7) is 6.01. The predicted octanol–water partition coefficient (Wildman–Crippen LogP) is 2.61. The maximum absolute atomic E-state index is 13.0. The number of benzene rings is 1. The summed E-state index contributed by atoms with van der Waals surface area (Å²) in [7, 11) is 1.67. The molecule has 1 atom stereocenters. The van der Waals surface area contributed by atoms with Gasteiger partial charge in [0.2, 0.25) is 5.89 Å². The van der Waals surface area contributed by atoms with Gasteiger partial charge in [-0.05, 0) is 38.1 Å². The van der Waals surface area contributed by atoms with E-state index >= 15 is 0 Å². The van der Waals surface area contributed by atoms with Gasteiger partial charge in [0.25, 0.3) is 0 Å². The number of guanidine groups is 1. The fourth-order valence-corrected chi connectivity index (χ4v) is 2.27. The summed E-state index contributed by atoms with van der Waals surface area (Å²) < 4.78 is 23.5. The molecule has 0 fully saturated rings. The molecule has 1 unspecified atom stereocenters. The molecule has 1 heterocycles. The van der Waals surface area contributed by atoms with E-state index in [-0.39, 0.29) is 11.9 Å². The summed E-state index contributed by atoms with van der Waals surface area (Å²) in [5.74, 6) is 0.947. The van der Waals surface area contributed by atoms with Crippen molar-refractivity contribution in [3.63, 3.8) is 0 Å². The van der Waals surface area contributed by atoms with Gasteiger partial charge in [-0.25, -0.2) is 9.37 Å². The summed E-state index contributed by atoms with van der Waals surface area (Å²) in [6.07, 6.45) is 2.27. The van der Waals surface area contributed by atoms with Gasteiger partial charge >= 0.3 is 0 Å². The van der Waals surface area contributed by atoms with Crippen LogP contribution in [0.5, 0.6) is 0 Å². The van der Waals surface area contributed by atoms with E-state index in [2.05, 4.69) is 20.6 Å². The highest BCUT2D eigenvalue weighted by Gasteiger charge is 2.08. The SMILES string of the molecule is CCNC(=NCCc1coc(-c2ccc(F)cc2)n1)NC(C)COC. The molecule has 2 aromatic rings. The number of halogens is 1. The maximum atomic E-state index is 13.0. The molecule has 0 amide bonds. The van der Waals surface area contributed by atoms with Crippen LogP contribution in [0.3, 0.4) is 0 Å². The number of nitrogens with zero attached hydrogens (tertiary/aromatic N) is 2. The van der Waals surface area contributed by atoms with Gasteiger partial charge in [0.1, 0.15) is 12.1 Å². The van der Waals surface area contributed by atoms with E-state index in [9.17, 15) is 4.39 Å². The van der Waals surface area contributed by atoms with Gasteiger partial charge in [-0.15, -0.1) is 0 Å². The van der Waals surface area contributed by atoms with Crippen molar-refractivity contribution in [2.45, 2.75) is 26.3 Å². The van der Waals surface area contributed by atoms with Crippen LogP contribution in [0.2, 0.25) is 0 Å². The lowest BCUT2D eigenvalue weighted by Crippen LogP contribution is -2.44. The van der Waals surface area contributed by atoms with Crippen LogP contribution in [0, 0.1) is 5.82 Å². The van der Waals surface area contributed by atoms with Gasteiger partial charge in [0, 0.05) is 38.2 Å². The second-order valence-electron chi connectivity index (χ2n) is 5.66. The molecule has 7 heteroatoms. The van der Waals surface area contributed by atoms with Crippen molar-refractivity contribution in [1.29, 1.82) is 0 Å². The monoisotopic (exact) mass is 348 g/mol. The molecule has 6 nitrogen and oxygen atoms in total. The van der Waals surface area contributed by atoms with Crippen LogP contribution in [-0.4, -0.2) is 43.8 Å². The molecule has 0 aliphatic rings. The number of hydrogen-bond acceptors (Lipinski definition) is 4. The minimum atomic E-state index is -0.281. The molecule has 0 radical (unpaired) electrons. The molecule has 0 spiro atoms. The Bertz CT molecular complexity index is 670. The fourth-order valence-electron chi connectivity index (χ4n) is 2.27. The molecule has 0 saturated heterocycles. The van der Waals surface area contributed by atoms with Crippen molar-refractivity contribution < 1.29 is 13.5 Å². The molecule has 1 aromatic heterocycles. The van der Waals surface area contributed by atoms with Gasteiger partial charge < -0.3 is 19.8 Å². The van der Waals surface area contributed by atoms with E-state index in [1.807, 2.05) is 13.8 Å². The Morgan fingerprint density at radius 2 is 2.12 bits per heavy atom. The molecule has 1 aromatic carbocycles.